The predicted octanol–water partition coefficient (Wildman–Crippen LogP) is 5.32. The number of anilines is 2. The lowest BCUT2D eigenvalue weighted by atomic mass is 9.87. The number of oxazole rings is 1. The standard InChI is InChI=1S/C30H34N6O4/c1-30(2,39)23-13-24-21(15-36(35-24)22-7-5-19(16-37)6-8-22)11-25(23)33-28(38)26-17-40-29(34-26)20-9-10-31-27(12-20)32-14-18-3-4-18/h9-13,15-19,22,39H,3-8,14H2,1-2H3,(H,31,32)(H,33,38)/t19-,22-. The maximum absolute atomic E-state index is 13.2. The van der Waals surface area contributed by atoms with E-state index in [4.69, 9.17) is 9.52 Å². The van der Waals surface area contributed by atoms with Gasteiger partial charge < -0.3 is 25.0 Å². The number of rotatable bonds is 9. The van der Waals surface area contributed by atoms with Crippen LogP contribution in [-0.2, 0) is 10.4 Å². The van der Waals surface area contributed by atoms with Gasteiger partial charge in [0, 0.05) is 47.1 Å². The molecule has 0 bridgehead atoms. The molecule has 1 amide bonds. The molecule has 0 aliphatic heterocycles. The molecule has 3 heterocycles. The Kier molecular flexibility index (Phi) is 6.87. The van der Waals surface area contributed by atoms with Crippen molar-refractivity contribution in [2.75, 3.05) is 17.2 Å². The van der Waals surface area contributed by atoms with Crippen LogP contribution < -0.4 is 10.6 Å². The molecule has 10 nitrogen and oxygen atoms in total. The number of aliphatic hydroxyl groups is 1. The minimum Gasteiger partial charge on any atom is -0.444 e. The smallest absolute Gasteiger partial charge is 0.277 e. The predicted molar refractivity (Wildman–Crippen MR) is 151 cm³/mol. The summed E-state index contributed by atoms with van der Waals surface area (Å²) in [5.74, 6) is 1.47. The molecule has 2 aliphatic rings. The largest absolute Gasteiger partial charge is 0.444 e. The van der Waals surface area contributed by atoms with Gasteiger partial charge in [-0.25, -0.2) is 9.97 Å². The van der Waals surface area contributed by atoms with Gasteiger partial charge in [0.1, 0.15) is 18.4 Å². The normalized spacial score (nSPS) is 19.5. The van der Waals surface area contributed by atoms with Gasteiger partial charge >= 0.3 is 0 Å². The van der Waals surface area contributed by atoms with Crippen molar-refractivity contribution in [1.82, 2.24) is 19.7 Å². The van der Waals surface area contributed by atoms with E-state index in [1.54, 1.807) is 26.1 Å². The minimum atomic E-state index is -1.22. The third kappa shape index (κ3) is 5.62. The lowest BCUT2D eigenvalue weighted by molar-refractivity contribution is -0.112. The second kappa shape index (κ2) is 10.5. The van der Waals surface area contributed by atoms with Gasteiger partial charge in [0.2, 0.25) is 5.89 Å². The molecule has 6 rings (SSSR count). The third-order valence-electron chi connectivity index (χ3n) is 7.89. The van der Waals surface area contributed by atoms with Gasteiger partial charge in [-0.1, -0.05) is 0 Å². The van der Waals surface area contributed by atoms with Crippen molar-refractivity contribution in [3.8, 4) is 11.5 Å². The van der Waals surface area contributed by atoms with Crippen LogP contribution in [0.2, 0.25) is 0 Å². The minimum absolute atomic E-state index is 0.128. The topological polar surface area (TPSA) is 135 Å². The van der Waals surface area contributed by atoms with Crippen molar-refractivity contribution < 1.29 is 19.1 Å². The van der Waals surface area contributed by atoms with Crippen LogP contribution in [0.5, 0.6) is 0 Å². The van der Waals surface area contributed by atoms with Crippen LogP contribution in [0.25, 0.3) is 22.4 Å². The summed E-state index contributed by atoms with van der Waals surface area (Å²) in [7, 11) is 0. The van der Waals surface area contributed by atoms with E-state index in [0.717, 1.165) is 60.8 Å². The van der Waals surface area contributed by atoms with Crippen molar-refractivity contribution in [2.24, 2.45) is 11.8 Å². The molecule has 3 N–H and O–H groups in total. The van der Waals surface area contributed by atoms with Crippen LogP contribution in [0.4, 0.5) is 11.5 Å². The lowest BCUT2D eigenvalue weighted by Gasteiger charge is -2.25. The van der Waals surface area contributed by atoms with Gasteiger partial charge in [0.05, 0.1) is 17.2 Å². The van der Waals surface area contributed by atoms with E-state index in [2.05, 4.69) is 20.6 Å². The Labute approximate surface area is 232 Å². The summed E-state index contributed by atoms with van der Waals surface area (Å²) in [5.41, 5.74) is 1.39. The number of benzene rings is 1. The van der Waals surface area contributed by atoms with Crippen molar-refractivity contribution in [1.29, 1.82) is 0 Å². The van der Waals surface area contributed by atoms with E-state index in [-0.39, 0.29) is 17.7 Å². The van der Waals surface area contributed by atoms with Crippen LogP contribution in [0.1, 0.15) is 74.5 Å². The fourth-order valence-electron chi connectivity index (χ4n) is 5.32. The average Bonchev–Trinajstić information content (AvgIpc) is 3.47. The molecule has 4 aromatic rings. The Morgan fingerprint density at radius 1 is 1.18 bits per heavy atom. The Morgan fingerprint density at radius 3 is 2.70 bits per heavy atom. The second-order valence-electron chi connectivity index (χ2n) is 11.6. The van der Waals surface area contributed by atoms with Gasteiger partial charge in [-0.15, -0.1) is 0 Å². The summed E-state index contributed by atoms with van der Waals surface area (Å²) >= 11 is 0. The number of aromatic nitrogens is 4. The summed E-state index contributed by atoms with van der Waals surface area (Å²) in [6.45, 7) is 4.24. The molecule has 3 aromatic heterocycles. The summed E-state index contributed by atoms with van der Waals surface area (Å²) in [6, 6.07) is 7.53. The summed E-state index contributed by atoms with van der Waals surface area (Å²) in [4.78, 5) is 33.2. The van der Waals surface area contributed by atoms with Crippen LogP contribution in [0.3, 0.4) is 0 Å². The van der Waals surface area contributed by atoms with Gasteiger partial charge in [0.25, 0.3) is 5.91 Å². The first-order valence-corrected chi connectivity index (χ1v) is 13.9. The van der Waals surface area contributed by atoms with E-state index in [9.17, 15) is 14.7 Å². The van der Waals surface area contributed by atoms with Crippen LogP contribution in [0.15, 0.2) is 47.3 Å². The molecular weight excluding hydrogens is 508 g/mol. The highest BCUT2D eigenvalue weighted by atomic mass is 16.3. The van der Waals surface area contributed by atoms with E-state index >= 15 is 0 Å². The lowest BCUT2D eigenvalue weighted by Crippen LogP contribution is -2.21. The van der Waals surface area contributed by atoms with E-state index in [0.29, 0.717) is 23.1 Å². The highest BCUT2D eigenvalue weighted by Gasteiger charge is 2.26. The Hall–Kier alpha value is -4.05. The molecule has 208 valence electrons. The number of pyridine rings is 1. The fourth-order valence-corrected chi connectivity index (χ4v) is 5.32. The van der Waals surface area contributed by atoms with Gasteiger partial charge in [-0.05, 0) is 82.6 Å². The van der Waals surface area contributed by atoms with Crippen LogP contribution >= 0.6 is 0 Å². The number of amides is 1. The molecule has 0 unspecified atom stereocenters. The molecule has 1 aromatic carbocycles. The Balaban J connectivity index is 1.22. The molecule has 0 radical (unpaired) electrons. The number of hydrogen-bond donors (Lipinski definition) is 3. The average molecular weight is 543 g/mol. The van der Waals surface area contributed by atoms with Crippen molar-refractivity contribution in [2.45, 2.75) is 64.0 Å². The third-order valence-corrected chi connectivity index (χ3v) is 7.89. The van der Waals surface area contributed by atoms with Crippen LogP contribution in [0, 0.1) is 11.8 Å². The number of hydrogen-bond acceptors (Lipinski definition) is 8. The zero-order chi connectivity index (χ0) is 27.9. The molecule has 0 saturated heterocycles. The zero-order valence-corrected chi connectivity index (χ0v) is 22.8. The SMILES string of the molecule is CC(C)(O)c1cc2nn([C@H]3CC[C@H](C=O)CC3)cc2cc1NC(=O)c1coc(-c2ccnc(NCC3CC3)c2)n1. The summed E-state index contributed by atoms with van der Waals surface area (Å²) in [6.07, 6.45) is 12.0. The molecule has 0 spiro atoms. The molecule has 0 atom stereocenters. The number of fused-ring (bicyclic) bond motifs is 1. The number of carbonyl (C=O) groups is 2. The van der Waals surface area contributed by atoms with Gasteiger partial charge in [0.15, 0.2) is 5.69 Å². The molecule has 10 heteroatoms. The number of nitrogens with zero attached hydrogens (tertiary/aromatic N) is 4. The Morgan fingerprint density at radius 2 is 1.98 bits per heavy atom. The van der Waals surface area contributed by atoms with Crippen LogP contribution in [-0.4, -0.2) is 43.6 Å². The summed E-state index contributed by atoms with van der Waals surface area (Å²) < 4.78 is 7.60. The molecule has 2 saturated carbocycles. The molecular formula is C30H34N6O4. The van der Waals surface area contributed by atoms with E-state index < -0.39 is 11.5 Å². The maximum Gasteiger partial charge on any atom is 0.277 e. The van der Waals surface area contributed by atoms with Crippen molar-refractivity contribution in [3.05, 3.63) is 54.2 Å². The Bertz CT molecular complexity index is 1540. The first kappa shape index (κ1) is 26.2. The first-order valence-electron chi connectivity index (χ1n) is 13.9. The quantitative estimate of drug-likeness (QED) is 0.242. The van der Waals surface area contributed by atoms with E-state index in [1.807, 2.05) is 29.1 Å². The van der Waals surface area contributed by atoms with Crippen molar-refractivity contribution in [3.63, 3.8) is 0 Å². The molecule has 40 heavy (non-hydrogen) atoms. The summed E-state index contributed by atoms with van der Waals surface area (Å²) in [5, 5.41) is 22.8. The fraction of sp³-hybridized carbons (Fsp3) is 0.433. The van der Waals surface area contributed by atoms with E-state index in [1.165, 1.54) is 19.1 Å². The van der Waals surface area contributed by atoms with Crippen molar-refractivity contribution >= 4 is 34.6 Å². The highest BCUT2D eigenvalue weighted by molar-refractivity contribution is 6.04. The first-order chi connectivity index (χ1) is 19.3. The van der Waals surface area contributed by atoms with Gasteiger partial charge in [-0.3, -0.25) is 9.48 Å². The molecule has 2 fully saturated rings. The highest BCUT2D eigenvalue weighted by Crippen LogP contribution is 2.35. The number of aldehydes is 1. The van der Waals surface area contributed by atoms with Gasteiger partial charge in [-0.2, -0.15) is 5.10 Å². The monoisotopic (exact) mass is 542 g/mol. The second-order valence-corrected chi connectivity index (χ2v) is 11.6. The number of carbonyl (C=O) groups excluding carboxylic acids is 2. The number of nitrogens with one attached hydrogen (secondary N) is 2. The maximum atomic E-state index is 13.2. The zero-order valence-electron chi connectivity index (χ0n) is 22.8. The molecule has 2 aliphatic carbocycles.